The van der Waals surface area contributed by atoms with Gasteiger partial charge in [0.1, 0.15) is 11.6 Å². The number of hydrogen-bond acceptors (Lipinski definition) is 10. The Morgan fingerprint density at radius 3 is 2.76 bits per heavy atom. The molecule has 46 heavy (non-hydrogen) atoms. The zero-order valence-corrected chi connectivity index (χ0v) is 25.7. The van der Waals surface area contributed by atoms with E-state index in [1.807, 2.05) is 4.57 Å². The molecule has 0 amide bonds. The van der Waals surface area contributed by atoms with Gasteiger partial charge in [-0.05, 0) is 54.8 Å². The number of rotatable bonds is 9. The van der Waals surface area contributed by atoms with E-state index >= 15 is 0 Å². The Morgan fingerprint density at radius 1 is 1.17 bits per heavy atom. The van der Waals surface area contributed by atoms with Crippen LogP contribution in [0, 0.1) is 23.6 Å². The van der Waals surface area contributed by atoms with Crippen LogP contribution in [0.3, 0.4) is 0 Å². The highest BCUT2D eigenvalue weighted by atomic mass is 19.1. The first-order valence-corrected chi connectivity index (χ1v) is 16.1. The molecule has 1 aliphatic carbocycles. The number of nitrogens with one attached hydrogen (secondary N) is 1. The predicted molar refractivity (Wildman–Crippen MR) is 171 cm³/mol. The Bertz CT molecular complexity index is 1820. The van der Waals surface area contributed by atoms with Gasteiger partial charge in [0, 0.05) is 49.1 Å². The molecule has 12 heteroatoms. The number of hydrogen-bond donors (Lipinski definition) is 3. The Balaban J connectivity index is 1.15. The number of morpholine rings is 1. The lowest BCUT2D eigenvalue weighted by atomic mass is 9.98. The van der Waals surface area contributed by atoms with E-state index < -0.39 is 5.82 Å². The number of fused-ring (bicyclic) bond motifs is 4. The van der Waals surface area contributed by atoms with Gasteiger partial charge in [-0.1, -0.05) is 12.0 Å². The first kappa shape index (κ1) is 29.4. The van der Waals surface area contributed by atoms with Crippen molar-refractivity contribution in [3.8, 4) is 24.0 Å². The Labute approximate surface area is 266 Å². The van der Waals surface area contributed by atoms with Crippen molar-refractivity contribution in [2.45, 2.75) is 50.4 Å². The molecule has 4 aliphatic rings. The van der Waals surface area contributed by atoms with Gasteiger partial charge in [0.25, 0.3) is 0 Å². The molecule has 2 aromatic carbocycles. The minimum atomic E-state index is -0.484. The Kier molecular flexibility index (Phi) is 7.44. The van der Waals surface area contributed by atoms with E-state index in [0.29, 0.717) is 71.2 Å². The average Bonchev–Trinajstić information content (AvgIpc) is 3.58. The normalized spacial score (nSPS) is 24.0. The number of aliphatic hydroxyl groups excluding tert-OH is 1. The number of piperazine rings is 1. The van der Waals surface area contributed by atoms with E-state index in [4.69, 9.17) is 30.8 Å². The second-order valence-corrected chi connectivity index (χ2v) is 13.4. The van der Waals surface area contributed by atoms with E-state index in [2.05, 4.69) is 21.0 Å². The van der Waals surface area contributed by atoms with E-state index in [0.717, 1.165) is 51.9 Å². The molecule has 3 saturated heterocycles. The van der Waals surface area contributed by atoms with Gasteiger partial charge in [-0.2, -0.15) is 9.97 Å². The maximum atomic E-state index is 14.8. The number of phenolic OH excluding ortho intramolecular Hbond substituents is 1. The number of aromatic hydroxyl groups is 1. The molecule has 240 valence electrons. The minimum absolute atomic E-state index is 0.000620. The number of imidazole rings is 1. The molecule has 11 nitrogen and oxygen atoms in total. The number of halogens is 1. The largest absolute Gasteiger partial charge is 0.508 e. The topological polar surface area (TPSA) is 121 Å². The van der Waals surface area contributed by atoms with Crippen LogP contribution in [0.5, 0.6) is 11.6 Å². The number of benzene rings is 2. The summed E-state index contributed by atoms with van der Waals surface area (Å²) in [5, 5.41) is 25.3. The first-order chi connectivity index (χ1) is 22.4. The summed E-state index contributed by atoms with van der Waals surface area (Å²) in [6.07, 6.45) is 11.8. The van der Waals surface area contributed by atoms with Crippen molar-refractivity contribution in [2.24, 2.45) is 5.41 Å². The summed E-state index contributed by atoms with van der Waals surface area (Å²) < 4.78 is 28.8. The fourth-order valence-corrected chi connectivity index (χ4v) is 7.43. The molecule has 4 aromatic rings. The molecule has 0 spiro atoms. The monoisotopic (exact) mass is 627 g/mol. The molecule has 1 unspecified atom stereocenters. The number of ether oxygens (including phenoxy) is 2. The van der Waals surface area contributed by atoms with Crippen LogP contribution in [0.15, 0.2) is 30.6 Å². The van der Waals surface area contributed by atoms with Crippen molar-refractivity contribution < 1.29 is 24.1 Å². The van der Waals surface area contributed by atoms with Gasteiger partial charge in [-0.15, -0.1) is 6.42 Å². The SMILES string of the molecule is C#Cc1c(F)ccc2cc(O)cc(Cn3cnc4c(OCC5(CN6CCOCC6CO)CC5)nc(N5C[C@H]6CC[C@@H](C5)N6)nc43)c12. The lowest BCUT2D eigenvalue weighted by Gasteiger charge is -2.36. The molecule has 5 heterocycles. The molecule has 8 rings (SSSR count). The van der Waals surface area contributed by atoms with Crippen LogP contribution in [-0.2, 0) is 11.3 Å². The zero-order valence-electron chi connectivity index (χ0n) is 25.7. The summed E-state index contributed by atoms with van der Waals surface area (Å²) in [7, 11) is 0. The second-order valence-electron chi connectivity index (χ2n) is 13.4. The van der Waals surface area contributed by atoms with Gasteiger partial charge >= 0.3 is 0 Å². The number of nitrogens with zero attached hydrogens (tertiary/aromatic N) is 6. The van der Waals surface area contributed by atoms with Crippen LogP contribution in [0.1, 0.15) is 36.8 Å². The molecule has 2 bridgehead atoms. The van der Waals surface area contributed by atoms with Crippen LogP contribution in [-0.4, -0.2) is 105 Å². The number of aromatic nitrogens is 4. The maximum absolute atomic E-state index is 14.8. The van der Waals surface area contributed by atoms with Crippen molar-refractivity contribution in [1.29, 1.82) is 0 Å². The van der Waals surface area contributed by atoms with E-state index in [-0.39, 0.29) is 35.9 Å². The quantitative estimate of drug-likeness (QED) is 0.239. The molecular weight excluding hydrogens is 589 g/mol. The minimum Gasteiger partial charge on any atom is -0.508 e. The summed E-state index contributed by atoms with van der Waals surface area (Å²) in [4.78, 5) is 19.2. The highest BCUT2D eigenvalue weighted by Crippen LogP contribution is 2.47. The van der Waals surface area contributed by atoms with Crippen LogP contribution < -0.4 is 15.0 Å². The molecule has 0 radical (unpaired) electrons. The lowest BCUT2D eigenvalue weighted by Crippen LogP contribution is -2.51. The number of anilines is 1. The molecule has 3 aliphatic heterocycles. The van der Waals surface area contributed by atoms with Crippen molar-refractivity contribution in [3.05, 3.63) is 47.5 Å². The fraction of sp³-hybridized carbons (Fsp3) is 0.500. The van der Waals surface area contributed by atoms with Gasteiger partial charge in [-0.25, -0.2) is 9.37 Å². The Hall–Kier alpha value is -4.02. The first-order valence-electron chi connectivity index (χ1n) is 16.1. The molecular formula is C34H38FN7O4. The summed E-state index contributed by atoms with van der Waals surface area (Å²) in [6.45, 7) is 5.25. The number of terminal acetylenes is 1. The van der Waals surface area contributed by atoms with Crippen LogP contribution in [0.4, 0.5) is 10.3 Å². The van der Waals surface area contributed by atoms with Crippen molar-refractivity contribution >= 4 is 27.9 Å². The van der Waals surface area contributed by atoms with Crippen LogP contribution in [0.2, 0.25) is 0 Å². The summed E-state index contributed by atoms with van der Waals surface area (Å²) in [6, 6.07) is 6.94. The fourth-order valence-electron chi connectivity index (χ4n) is 7.43. The van der Waals surface area contributed by atoms with Crippen molar-refractivity contribution in [2.75, 3.05) is 57.5 Å². The van der Waals surface area contributed by atoms with Gasteiger partial charge < -0.3 is 34.5 Å². The van der Waals surface area contributed by atoms with E-state index in [1.54, 1.807) is 24.5 Å². The number of aliphatic hydroxyl groups is 1. The zero-order chi connectivity index (χ0) is 31.4. The highest BCUT2D eigenvalue weighted by Gasteiger charge is 2.46. The standard InChI is InChI=1S/C34H38FN7O4/c1-2-27-28(35)6-3-21-11-26(44)12-22(29(21)27)13-42-20-36-30-31(42)38-33(41-14-23-4-5-24(15-41)37-23)39-32(30)46-19-34(7-8-34)18-40-9-10-45-17-25(40)16-43/h1,3,6,11-12,20,23-25,37,43-44H,4-5,7-10,13-19H2/t23-,24+,25?. The molecule has 1 saturated carbocycles. The summed E-state index contributed by atoms with van der Waals surface area (Å²) >= 11 is 0. The average molecular weight is 628 g/mol. The van der Waals surface area contributed by atoms with E-state index in [9.17, 15) is 14.6 Å². The molecule has 2 aromatic heterocycles. The third kappa shape index (κ3) is 5.41. The molecule has 4 fully saturated rings. The lowest BCUT2D eigenvalue weighted by molar-refractivity contribution is -0.0383. The van der Waals surface area contributed by atoms with Crippen LogP contribution in [0.25, 0.3) is 21.9 Å². The van der Waals surface area contributed by atoms with Crippen LogP contribution >= 0.6 is 0 Å². The molecule has 3 N–H and O–H groups in total. The maximum Gasteiger partial charge on any atom is 0.247 e. The third-order valence-electron chi connectivity index (χ3n) is 10.1. The van der Waals surface area contributed by atoms with Crippen molar-refractivity contribution in [3.63, 3.8) is 0 Å². The smallest absolute Gasteiger partial charge is 0.247 e. The van der Waals surface area contributed by atoms with Gasteiger partial charge in [0.15, 0.2) is 11.2 Å². The highest BCUT2D eigenvalue weighted by molar-refractivity contribution is 5.92. The van der Waals surface area contributed by atoms with E-state index in [1.165, 1.54) is 6.07 Å². The Morgan fingerprint density at radius 2 is 2.00 bits per heavy atom. The van der Waals surface area contributed by atoms with Gasteiger partial charge in [0.2, 0.25) is 11.8 Å². The number of phenols is 1. The predicted octanol–water partition coefficient (Wildman–Crippen LogP) is 2.65. The van der Waals surface area contributed by atoms with Gasteiger partial charge in [-0.3, -0.25) is 4.90 Å². The third-order valence-corrected chi connectivity index (χ3v) is 10.1. The summed E-state index contributed by atoms with van der Waals surface area (Å²) in [5.74, 6) is 3.11. The van der Waals surface area contributed by atoms with Gasteiger partial charge in [0.05, 0.1) is 50.9 Å². The second kappa shape index (κ2) is 11.7. The van der Waals surface area contributed by atoms with Crippen molar-refractivity contribution in [1.82, 2.24) is 29.7 Å². The molecule has 3 atom stereocenters. The summed E-state index contributed by atoms with van der Waals surface area (Å²) in [5.41, 5.74) is 1.94.